The molecule has 2 unspecified atom stereocenters. The van der Waals surface area contributed by atoms with Gasteiger partial charge in [-0.25, -0.2) is 0 Å². The van der Waals surface area contributed by atoms with Gasteiger partial charge in [0.2, 0.25) is 0 Å². The third-order valence-corrected chi connectivity index (χ3v) is 4.97. The predicted octanol–water partition coefficient (Wildman–Crippen LogP) is 3.77. The average molecular weight is 228 g/mol. The minimum atomic E-state index is -0.103. The summed E-state index contributed by atoms with van der Waals surface area (Å²) < 4.78 is 0.151. The Morgan fingerprint density at radius 3 is 2.87 bits per heavy atom. The summed E-state index contributed by atoms with van der Waals surface area (Å²) in [5, 5.41) is 10.1. The molecule has 1 aliphatic heterocycles. The van der Waals surface area contributed by atoms with E-state index in [0.29, 0.717) is 0 Å². The summed E-state index contributed by atoms with van der Waals surface area (Å²) in [5.41, 5.74) is 0. The second-order valence-corrected chi connectivity index (χ2v) is 6.34. The van der Waals surface area contributed by atoms with Crippen molar-refractivity contribution in [2.75, 3.05) is 5.75 Å². The molecule has 1 aliphatic rings. The predicted molar refractivity (Wildman–Crippen MR) is 69.4 cm³/mol. The largest absolute Gasteiger partial charge is 0.392 e. The molecule has 0 saturated carbocycles. The van der Waals surface area contributed by atoms with Gasteiger partial charge in [0.1, 0.15) is 0 Å². The van der Waals surface area contributed by atoms with E-state index < -0.39 is 0 Å². The van der Waals surface area contributed by atoms with Crippen molar-refractivity contribution >= 4 is 11.8 Å². The SMILES string of the molecule is C=CCCCCCC(O)C1(C)CCCS1. The maximum atomic E-state index is 10.1. The quantitative estimate of drug-likeness (QED) is 0.529. The van der Waals surface area contributed by atoms with Crippen molar-refractivity contribution in [2.45, 2.75) is 62.7 Å². The van der Waals surface area contributed by atoms with Crippen LogP contribution in [0.3, 0.4) is 0 Å². The van der Waals surface area contributed by atoms with Crippen LogP contribution in [0.1, 0.15) is 51.9 Å². The van der Waals surface area contributed by atoms with Gasteiger partial charge in [0.25, 0.3) is 0 Å². The van der Waals surface area contributed by atoms with Crippen LogP contribution in [-0.2, 0) is 0 Å². The number of rotatable bonds is 7. The molecule has 0 amide bonds. The Kier molecular flexibility index (Phi) is 5.77. The smallest absolute Gasteiger partial charge is 0.0684 e. The summed E-state index contributed by atoms with van der Waals surface area (Å²) in [6, 6.07) is 0. The summed E-state index contributed by atoms with van der Waals surface area (Å²) in [6.07, 6.45) is 10.0. The van der Waals surface area contributed by atoms with Gasteiger partial charge in [0.15, 0.2) is 0 Å². The molecule has 0 radical (unpaired) electrons. The fourth-order valence-electron chi connectivity index (χ4n) is 2.17. The molecule has 88 valence electrons. The van der Waals surface area contributed by atoms with Crippen LogP contribution < -0.4 is 0 Å². The van der Waals surface area contributed by atoms with Gasteiger partial charge in [-0.15, -0.1) is 6.58 Å². The number of aliphatic hydroxyl groups excluding tert-OH is 1. The molecule has 15 heavy (non-hydrogen) atoms. The highest BCUT2D eigenvalue weighted by atomic mass is 32.2. The van der Waals surface area contributed by atoms with Gasteiger partial charge in [-0.1, -0.05) is 18.9 Å². The van der Waals surface area contributed by atoms with Crippen LogP contribution in [0.25, 0.3) is 0 Å². The van der Waals surface area contributed by atoms with E-state index in [0.717, 1.165) is 19.3 Å². The van der Waals surface area contributed by atoms with E-state index in [1.54, 1.807) is 0 Å². The second kappa shape index (κ2) is 6.59. The van der Waals surface area contributed by atoms with Gasteiger partial charge in [0.05, 0.1) is 6.10 Å². The van der Waals surface area contributed by atoms with E-state index in [-0.39, 0.29) is 10.9 Å². The number of aliphatic hydroxyl groups is 1. The van der Waals surface area contributed by atoms with E-state index in [1.807, 2.05) is 17.8 Å². The van der Waals surface area contributed by atoms with Crippen LogP contribution in [-0.4, -0.2) is 21.7 Å². The van der Waals surface area contributed by atoms with Crippen LogP contribution in [0.4, 0.5) is 0 Å². The van der Waals surface area contributed by atoms with Crippen molar-refractivity contribution in [3.8, 4) is 0 Å². The first-order chi connectivity index (χ1) is 7.19. The zero-order valence-corrected chi connectivity index (χ0v) is 10.7. The van der Waals surface area contributed by atoms with Crippen molar-refractivity contribution < 1.29 is 5.11 Å². The molecule has 0 aliphatic carbocycles. The highest BCUT2D eigenvalue weighted by Crippen LogP contribution is 2.41. The molecule has 2 atom stereocenters. The summed E-state index contributed by atoms with van der Waals surface area (Å²) >= 11 is 1.95. The Bertz CT molecular complexity index is 185. The number of hydrogen-bond donors (Lipinski definition) is 1. The molecule has 1 heterocycles. The van der Waals surface area contributed by atoms with E-state index in [2.05, 4.69) is 13.5 Å². The summed E-state index contributed by atoms with van der Waals surface area (Å²) in [5.74, 6) is 1.23. The maximum Gasteiger partial charge on any atom is 0.0684 e. The van der Waals surface area contributed by atoms with Crippen LogP contribution in [0.2, 0.25) is 0 Å². The fourth-order valence-corrected chi connectivity index (χ4v) is 3.53. The molecule has 1 N–H and O–H groups in total. The molecule has 0 bridgehead atoms. The Morgan fingerprint density at radius 1 is 1.47 bits per heavy atom. The van der Waals surface area contributed by atoms with E-state index in [4.69, 9.17) is 0 Å². The first-order valence-corrected chi connectivity index (χ1v) is 7.10. The monoisotopic (exact) mass is 228 g/mol. The van der Waals surface area contributed by atoms with Crippen molar-refractivity contribution in [3.63, 3.8) is 0 Å². The molecule has 0 aromatic carbocycles. The fraction of sp³-hybridized carbons (Fsp3) is 0.846. The highest BCUT2D eigenvalue weighted by molar-refractivity contribution is 8.00. The first-order valence-electron chi connectivity index (χ1n) is 6.12. The standard InChI is InChI=1S/C13H24OS/c1-3-4-5-6-7-9-12(14)13(2)10-8-11-15-13/h3,12,14H,1,4-11H2,2H3. The van der Waals surface area contributed by atoms with Crippen molar-refractivity contribution in [1.82, 2.24) is 0 Å². The Hall–Kier alpha value is 0.0500. The molecule has 1 saturated heterocycles. The van der Waals surface area contributed by atoms with Crippen LogP contribution in [0.5, 0.6) is 0 Å². The lowest BCUT2D eigenvalue weighted by Crippen LogP contribution is -2.33. The Balaban J connectivity index is 2.12. The lowest BCUT2D eigenvalue weighted by atomic mass is 9.94. The molecule has 0 aromatic rings. The van der Waals surface area contributed by atoms with Crippen molar-refractivity contribution in [1.29, 1.82) is 0 Å². The van der Waals surface area contributed by atoms with Gasteiger partial charge >= 0.3 is 0 Å². The van der Waals surface area contributed by atoms with Crippen LogP contribution >= 0.6 is 11.8 Å². The van der Waals surface area contributed by atoms with Gasteiger partial charge < -0.3 is 5.11 Å². The third kappa shape index (κ3) is 4.20. The Morgan fingerprint density at radius 2 is 2.27 bits per heavy atom. The summed E-state index contributed by atoms with van der Waals surface area (Å²) in [6.45, 7) is 5.94. The van der Waals surface area contributed by atoms with Gasteiger partial charge in [0, 0.05) is 4.75 Å². The third-order valence-electron chi connectivity index (χ3n) is 3.34. The van der Waals surface area contributed by atoms with E-state index in [1.165, 1.54) is 31.4 Å². The van der Waals surface area contributed by atoms with Crippen LogP contribution in [0, 0.1) is 0 Å². The zero-order chi connectivity index (χ0) is 11.1. The van der Waals surface area contributed by atoms with E-state index >= 15 is 0 Å². The molecule has 0 spiro atoms. The topological polar surface area (TPSA) is 20.2 Å². The normalized spacial score (nSPS) is 27.9. The average Bonchev–Trinajstić information content (AvgIpc) is 2.66. The summed E-state index contributed by atoms with van der Waals surface area (Å²) in [7, 11) is 0. The molecule has 1 nitrogen and oxygen atoms in total. The molecule has 0 aromatic heterocycles. The van der Waals surface area contributed by atoms with Gasteiger partial charge in [-0.05, 0) is 44.8 Å². The van der Waals surface area contributed by atoms with Crippen LogP contribution in [0.15, 0.2) is 12.7 Å². The number of allylic oxidation sites excluding steroid dienone is 1. The minimum Gasteiger partial charge on any atom is -0.392 e. The van der Waals surface area contributed by atoms with E-state index in [9.17, 15) is 5.11 Å². The number of hydrogen-bond acceptors (Lipinski definition) is 2. The molecule has 1 rings (SSSR count). The molecule has 1 fully saturated rings. The Labute approximate surface area is 98.3 Å². The minimum absolute atomic E-state index is 0.103. The first kappa shape index (κ1) is 13.1. The zero-order valence-electron chi connectivity index (χ0n) is 9.87. The van der Waals surface area contributed by atoms with Gasteiger partial charge in [-0.3, -0.25) is 0 Å². The lowest BCUT2D eigenvalue weighted by molar-refractivity contribution is 0.121. The highest BCUT2D eigenvalue weighted by Gasteiger charge is 2.36. The molecular formula is C13H24OS. The second-order valence-electron chi connectivity index (χ2n) is 4.71. The van der Waals surface area contributed by atoms with Gasteiger partial charge in [-0.2, -0.15) is 11.8 Å². The number of unbranched alkanes of at least 4 members (excludes halogenated alkanes) is 3. The molecular weight excluding hydrogens is 204 g/mol. The van der Waals surface area contributed by atoms with Crippen molar-refractivity contribution in [2.24, 2.45) is 0 Å². The maximum absolute atomic E-state index is 10.1. The number of thioether (sulfide) groups is 1. The van der Waals surface area contributed by atoms with Crippen molar-refractivity contribution in [3.05, 3.63) is 12.7 Å². The molecule has 2 heteroatoms. The lowest BCUT2D eigenvalue weighted by Gasteiger charge is -2.29. The summed E-state index contributed by atoms with van der Waals surface area (Å²) in [4.78, 5) is 0.